The second kappa shape index (κ2) is 10.7. The summed E-state index contributed by atoms with van der Waals surface area (Å²) in [7, 11) is -3.43. The van der Waals surface area contributed by atoms with Crippen LogP contribution in [-0.2, 0) is 21.2 Å². The molecule has 3 rings (SSSR count). The zero-order chi connectivity index (χ0) is 21.4. The molecule has 6 heteroatoms. The normalized spacial score (nSPS) is 15.8. The largest absolute Gasteiger partial charge is 0.356 e. The van der Waals surface area contributed by atoms with Crippen LogP contribution in [0.3, 0.4) is 0 Å². The molecule has 2 aromatic rings. The Hall–Kier alpha value is -2.18. The molecule has 0 spiro atoms. The van der Waals surface area contributed by atoms with Gasteiger partial charge in [0.15, 0.2) is 0 Å². The van der Waals surface area contributed by atoms with Gasteiger partial charge < -0.3 is 5.32 Å². The molecule has 0 radical (unpaired) electrons. The maximum Gasteiger partial charge on any atom is 0.243 e. The number of piperidine rings is 1. The van der Waals surface area contributed by atoms with E-state index in [1.54, 1.807) is 16.4 Å². The van der Waals surface area contributed by atoms with Crippen molar-refractivity contribution in [3.63, 3.8) is 0 Å². The molecule has 1 saturated heterocycles. The Bertz CT molecular complexity index is 920. The Balaban J connectivity index is 1.35. The molecule has 2 aromatic carbocycles. The second-order valence-electron chi connectivity index (χ2n) is 8.09. The first-order valence-electron chi connectivity index (χ1n) is 10.8. The standard InChI is InChI=1S/C24H32N2O3S/c1-20-8-5-6-12-23(20)30(28,29)26-18-15-22(16-19-26)13-14-24(27)25-17-7-11-21-9-3-2-4-10-21/h2-6,8-10,12,22H,7,11,13-19H2,1H3,(H,25,27). The van der Waals surface area contributed by atoms with Crippen molar-refractivity contribution in [2.45, 2.75) is 50.3 Å². The van der Waals surface area contributed by atoms with Crippen LogP contribution < -0.4 is 5.32 Å². The Morgan fingerprint density at radius 2 is 1.70 bits per heavy atom. The van der Waals surface area contributed by atoms with Gasteiger partial charge in [0.2, 0.25) is 15.9 Å². The van der Waals surface area contributed by atoms with Crippen LogP contribution >= 0.6 is 0 Å². The number of benzene rings is 2. The predicted molar refractivity (Wildman–Crippen MR) is 120 cm³/mol. The van der Waals surface area contributed by atoms with Crippen LogP contribution in [0.4, 0.5) is 0 Å². The van der Waals surface area contributed by atoms with Crippen LogP contribution in [0.2, 0.25) is 0 Å². The minimum Gasteiger partial charge on any atom is -0.356 e. The Labute approximate surface area is 180 Å². The molecule has 0 saturated carbocycles. The Morgan fingerprint density at radius 1 is 1.03 bits per heavy atom. The average molecular weight is 429 g/mol. The van der Waals surface area contributed by atoms with Gasteiger partial charge >= 0.3 is 0 Å². The van der Waals surface area contributed by atoms with Gasteiger partial charge in [0.05, 0.1) is 4.90 Å². The highest BCUT2D eigenvalue weighted by Gasteiger charge is 2.30. The van der Waals surface area contributed by atoms with Gasteiger partial charge in [-0.05, 0) is 62.1 Å². The molecule has 0 aromatic heterocycles. The molecule has 1 amide bonds. The molecular weight excluding hydrogens is 396 g/mol. The summed E-state index contributed by atoms with van der Waals surface area (Å²) in [4.78, 5) is 12.5. The van der Waals surface area contributed by atoms with E-state index in [1.165, 1.54) is 5.56 Å². The number of sulfonamides is 1. The minimum absolute atomic E-state index is 0.0954. The molecule has 0 aliphatic carbocycles. The van der Waals surface area contributed by atoms with Gasteiger partial charge in [-0.3, -0.25) is 4.79 Å². The molecule has 1 aliphatic rings. The van der Waals surface area contributed by atoms with E-state index in [-0.39, 0.29) is 5.91 Å². The first kappa shape index (κ1) is 22.5. The lowest BCUT2D eigenvalue weighted by Gasteiger charge is -2.31. The number of aryl methyl sites for hydroxylation is 2. The predicted octanol–water partition coefficient (Wildman–Crippen LogP) is 3.92. The molecule has 0 unspecified atom stereocenters. The van der Waals surface area contributed by atoms with Crippen molar-refractivity contribution in [2.75, 3.05) is 19.6 Å². The molecular formula is C24H32N2O3S. The zero-order valence-electron chi connectivity index (χ0n) is 17.7. The highest BCUT2D eigenvalue weighted by atomic mass is 32.2. The number of nitrogens with zero attached hydrogens (tertiary/aromatic N) is 1. The van der Waals surface area contributed by atoms with Crippen molar-refractivity contribution >= 4 is 15.9 Å². The lowest BCUT2D eigenvalue weighted by molar-refractivity contribution is -0.121. The summed E-state index contributed by atoms with van der Waals surface area (Å²) in [5.41, 5.74) is 2.07. The smallest absolute Gasteiger partial charge is 0.243 e. The van der Waals surface area contributed by atoms with Crippen molar-refractivity contribution in [1.29, 1.82) is 0 Å². The fraction of sp³-hybridized carbons (Fsp3) is 0.458. The number of carbonyl (C=O) groups is 1. The number of rotatable bonds is 9. The van der Waals surface area contributed by atoms with E-state index in [0.29, 0.717) is 36.9 Å². The van der Waals surface area contributed by atoms with Crippen LogP contribution in [0.15, 0.2) is 59.5 Å². The molecule has 1 heterocycles. The van der Waals surface area contributed by atoms with E-state index in [9.17, 15) is 13.2 Å². The summed E-state index contributed by atoms with van der Waals surface area (Å²) >= 11 is 0. The van der Waals surface area contributed by atoms with Crippen molar-refractivity contribution in [1.82, 2.24) is 9.62 Å². The lowest BCUT2D eigenvalue weighted by atomic mass is 9.93. The third kappa shape index (κ3) is 6.16. The highest BCUT2D eigenvalue weighted by molar-refractivity contribution is 7.89. The topological polar surface area (TPSA) is 66.5 Å². The van der Waals surface area contributed by atoms with Gasteiger partial charge in [-0.15, -0.1) is 0 Å². The maximum atomic E-state index is 12.9. The Kier molecular flexibility index (Phi) is 8.05. The third-order valence-corrected chi connectivity index (χ3v) is 7.93. The van der Waals surface area contributed by atoms with Gasteiger partial charge in [0, 0.05) is 26.1 Å². The maximum absolute atomic E-state index is 12.9. The molecule has 5 nitrogen and oxygen atoms in total. The summed E-state index contributed by atoms with van der Waals surface area (Å²) in [6.07, 6.45) is 4.86. The van der Waals surface area contributed by atoms with E-state index < -0.39 is 10.0 Å². The number of hydrogen-bond acceptors (Lipinski definition) is 3. The molecule has 1 N–H and O–H groups in total. The molecule has 1 fully saturated rings. The number of hydrogen-bond donors (Lipinski definition) is 1. The van der Waals surface area contributed by atoms with Gasteiger partial charge in [-0.25, -0.2) is 8.42 Å². The molecule has 30 heavy (non-hydrogen) atoms. The fourth-order valence-corrected chi connectivity index (χ4v) is 5.71. The molecule has 1 aliphatic heterocycles. The minimum atomic E-state index is -3.43. The van der Waals surface area contributed by atoms with Gasteiger partial charge in [-0.1, -0.05) is 48.5 Å². The summed E-state index contributed by atoms with van der Waals surface area (Å²) in [5.74, 6) is 0.501. The summed E-state index contributed by atoms with van der Waals surface area (Å²) in [5, 5.41) is 3.01. The lowest BCUT2D eigenvalue weighted by Crippen LogP contribution is -2.39. The fourth-order valence-electron chi connectivity index (χ4n) is 4.01. The van der Waals surface area contributed by atoms with Gasteiger partial charge in [-0.2, -0.15) is 4.31 Å². The number of carbonyl (C=O) groups excluding carboxylic acids is 1. The molecule has 0 atom stereocenters. The highest BCUT2D eigenvalue weighted by Crippen LogP contribution is 2.27. The average Bonchev–Trinajstić information content (AvgIpc) is 2.76. The number of nitrogens with one attached hydrogen (secondary N) is 1. The summed E-state index contributed by atoms with van der Waals surface area (Å²) in [6.45, 7) is 3.58. The van der Waals surface area contributed by atoms with Gasteiger partial charge in [0.25, 0.3) is 0 Å². The molecule has 162 valence electrons. The van der Waals surface area contributed by atoms with E-state index in [2.05, 4.69) is 17.4 Å². The van der Waals surface area contributed by atoms with E-state index in [0.717, 1.165) is 37.7 Å². The monoisotopic (exact) mass is 428 g/mol. The van der Waals surface area contributed by atoms with Crippen LogP contribution in [0.1, 0.15) is 43.2 Å². The van der Waals surface area contributed by atoms with Crippen LogP contribution in [0.5, 0.6) is 0 Å². The zero-order valence-corrected chi connectivity index (χ0v) is 18.5. The van der Waals surface area contributed by atoms with E-state index >= 15 is 0 Å². The van der Waals surface area contributed by atoms with Crippen LogP contribution in [0, 0.1) is 12.8 Å². The van der Waals surface area contributed by atoms with Gasteiger partial charge in [0.1, 0.15) is 0 Å². The van der Waals surface area contributed by atoms with E-state index in [1.807, 2.05) is 37.3 Å². The first-order valence-corrected chi connectivity index (χ1v) is 12.3. The SMILES string of the molecule is Cc1ccccc1S(=O)(=O)N1CCC(CCC(=O)NCCCc2ccccc2)CC1. The Morgan fingerprint density at radius 3 is 2.40 bits per heavy atom. The van der Waals surface area contributed by atoms with Crippen LogP contribution in [-0.4, -0.2) is 38.3 Å². The number of amides is 1. The van der Waals surface area contributed by atoms with Crippen molar-refractivity contribution in [2.24, 2.45) is 5.92 Å². The van der Waals surface area contributed by atoms with E-state index in [4.69, 9.17) is 0 Å². The first-order chi connectivity index (χ1) is 14.5. The van der Waals surface area contributed by atoms with Crippen molar-refractivity contribution in [3.8, 4) is 0 Å². The van der Waals surface area contributed by atoms with Crippen molar-refractivity contribution < 1.29 is 13.2 Å². The summed E-state index contributed by atoms with van der Waals surface area (Å²) < 4.78 is 27.4. The third-order valence-electron chi connectivity index (χ3n) is 5.87. The van der Waals surface area contributed by atoms with Crippen LogP contribution in [0.25, 0.3) is 0 Å². The second-order valence-corrected chi connectivity index (χ2v) is 10.00. The molecule has 0 bridgehead atoms. The van der Waals surface area contributed by atoms with Crippen molar-refractivity contribution in [3.05, 3.63) is 65.7 Å². The summed E-state index contributed by atoms with van der Waals surface area (Å²) in [6, 6.07) is 17.4. The quantitative estimate of drug-likeness (QED) is 0.616.